The molecule has 0 saturated carbocycles. The fourth-order valence-corrected chi connectivity index (χ4v) is 7.39. The number of amides is 1. The number of nitrogens with one attached hydrogen (secondary N) is 1. The summed E-state index contributed by atoms with van der Waals surface area (Å²) in [4.78, 5) is 78.4. The maximum atomic E-state index is 13.0. The first kappa shape index (κ1) is 62.6. The molecule has 69 heavy (non-hydrogen) atoms. The number of carbonyl (C=O) groups is 6. The first-order chi connectivity index (χ1) is 33.0. The predicted octanol–water partition coefficient (Wildman–Crippen LogP) is 11.3. The van der Waals surface area contributed by atoms with Crippen LogP contribution in [0.5, 0.6) is 0 Å². The minimum absolute atomic E-state index is 0.0155. The number of allylic oxidation sites excluding steroid dienone is 4. The Morgan fingerprint density at radius 1 is 0.536 bits per heavy atom. The van der Waals surface area contributed by atoms with E-state index < -0.39 is 36.0 Å². The molecule has 1 saturated heterocycles. The topological polar surface area (TPSA) is 173 Å². The Morgan fingerprint density at radius 3 is 1.35 bits per heavy atom. The van der Waals surface area contributed by atoms with E-state index in [4.69, 9.17) is 28.4 Å². The Balaban J connectivity index is 2.68. The van der Waals surface area contributed by atoms with Crippen molar-refractivity contribution in [2.24, 2.45) is 17.8 Å². The van der Waals surface area contributed by atoms with Crippen LogP contribution < -0.4 is 5.32 Å². The molecule has 0 radical (unpaired) electrons. The van der Waals surface area contributed by atoms with E-state index in [2.05, 4.69) is 42.5 Å². The predicted molar refractivity (Wildman–Crippen MR) is 271 cm³/mol. The number of hydrogen-bond donors (Lipinski definition) is 1. The maximum Gasteiger partial charge on any atom is 0.407 e. The smallest absolute Gasteiger partial charge is 0.407 e. The van der Waals surface area contributed by atoms with Crippen LogP contribution in [-0.4, -0.2) is 106 Å². The van der Waals surface area contributed by atoms with Crippen molar-refractivity contribution in [1.82, 2.24) is 10.2 Å². The molecule has 1 aliphatic rings. The molecule has 1 rings (SSSR count). The van der Waals surface area contributed by atoms with Crippen LogP contribution in [0.2, 0.25) is 0 Å². The highest BCUT2D eigenvalue weighted by molar-refractivity contribution is 5.71. The molecule has 0 aromatic carbocycles. The van der Waals surface area contributed by atoms with E-state index in [-0.39, 0.29) is 88.9 Å². The molecule has 1 heterocycles. The van der Waals surface area contributed by atoms with Crippen molar-refractivity contribution in [3.8, 4) is 0 Å². The number of unbranched alkanes of at least 4 members (excludes halogenated alkanes) is 7. The standard InChI is InChI=1S/C55H92N2O12/c1-10-11-12-15-22-49(69-55(63)56-33-36-57-34-20-21-35-57)31-32-54(62)66-39-46(37-64-50(58)23-16-13-18-25-52(60)67-40-47(44(6)7)29-27-42(2)3)38-65-51(59)24-17-14-19-26-53(61)68-41-48(45(8)9)30-28-43(4)5/h27-28,46-49H,6,8,10-26,29-41H2,1-5,7,9H3,(H,56,63). The summed E-state index contributed by atoms with van der Waals surface area (Å²) >= 11 is 0. The van der Waals surface area contributed by atoms with Gasteiger partial charge in [-0.05, 0) is 125 Å². The molecule has 1 N–H and O–H groups in total. The van der Waals surface area contributed by atoms with Crippen LogP contribution in [-0.2, 0) is 52.4 Å². The monoisotopic (exact) mass is 973 g/mol. The molecule has 14 nitrogen and oxygen atoms in total. The van der Waals surface area contributed by atoms with Crippen molar-refractivity contribution in [2.75, 3.05) is 59.2 Å². The Hall–Kier alpha value is -4.46. The van der Waals surface area contributed by atoms with Crippen LogP contribution >= 0.6 is 0 Å². The molecule has 0 bridgehead atoms. The molecule has 1 fully saturated rings. The highest BCUT2D eigenvalue weighted by Crippen LogP contribution is 2.19. The molecular formula is C55H92N2O12. The van der Waals surface area contributed by atoms with Crippen LogP contribution in [0, 0.1) is 17.8 Å². The van der Waals surface area contributed by atoms with Crippen LogP contribution in [0.25, 0.3) is 0 Å². The lowest BCUT2D eigenvalue weighted by molar-refractivity contribution is -0.154. The van der Waals surface area contributed by atoms with Gasteiger partial charge >= 0.3 is 35.9 Å². The Bertz CT molecular complexity index is 1510. The minimum atomic E-state index is -0.617. The quantitative estimate of drug-likeness (QED) is 0.0266. The summed E-state index contributed by atoms with van der Waals surface area (Å²) < 4.78 is 33.5. The number of likely N-dealkylation sites (tertiary alicyclic amines) is 1. The highest BCUT2D eigenvalue weighted by atomic mass is 16.6. The lowest BCUT2D eigenvalue weighted by Gasteiger charge is -2.20. The molecule has 0 aliphatic carbocycles. The Morgan fingerprint density at radius 2 is 0.942 bits per heavy atom. The van der Waals surface area contributed by atoms with Gasteiger partial charge in [0, 0.05) is 57.0 Å². The van der Waals surface area contributed by atoms with Gasteiger partial charge in [-0.3, -0.25) is 24.0 Å². The van der Waals surface area contributed by atoms with Gasteiger partial charge in [-0.25, -0.2) is 4.79 Å². The van der Waals surface area contributed by atoms with Crippen LogP contribution in [0.4, 0.5) is 4.79 Å². The second-order valence-electron chi connectivity index (χ2n) is 19.4. The molecule has 0 spiro atoms. The van der Waals surface area contributed by atoms with E-state index in [0.29, 0.717) is 57.9 Å². The molecule has 1 amide bonds. The molecule has 0 aromatic rings. The number of ether oxygens (including phenoxy) is 6. The summed E-state index contributed by atoms with van der Waals surface area (Å²) in [6.07, 6.45) is 16.3. The van der Waals surface area contributed by atoms with Crippen molar-refractivity contribution >= 4 is 35.9 Å². The second-order valence-corrected chi connectivity index (χ2v) is 19.4. The van der Waals surface area contributed by atoms with Crippen LogP contribution in [0.3, 0.4) is 0 Å². The Kier molecular flexibility index (Phi) is 35.6. The van der Waals surface area contributed by atoms with E-state index in [9.17, 15) is 28.8 Å². The van der Waals surface area contributed by atoms with Crippen molar-refractivity contribution in [3.63, 3.8) is 0 Å². The third-order valence-electron chi connectivity index (χ3n) is 12.1. The van der Waals surface area contributed by atoms with Gasteiger partial charge in [0.2, 0.25) is 0 Å². The van der Waals surface area contributed by atoms with Crippen molar-refractivity contribution < 1.29 is 57.2 Å². The van der Waals surface area contributed by atoms with Crippen LogP contribution in [0.1, 0.15) is 183 Å². The molecule has 3 unspecified atom stereocenters. The number of rotatable bonds is 40. The summed E-state index contributed by atoms with van der Waals surface area (Å²) in [5.74, 6) is -2.45. The zero-order valence-electron chi connectivity index (χ0n) is 43.9. The van der Waals surface area contributed by atoms with E-state index in [1.165, 1.54) is 24.0 Å². The van der Waals surface area contributed by atoms with E-state index in [0.717, 1.165) is 69.3 Å². The third-order valence-corrected chi connectivity index (χ3v) is 12.1. The van der Waals surface area contributed by atoms with Crippen molar-refractivity contribution in [3.05, 3.63) is 47.6 Å². The summed E-state index contributed by atoms with van der Waals surface area (Å²) in [7, 11) is 0. The van der Waals surface area contributed by atoms with E-state index >= 15 is 0 Å². The van der Waals surface area contributed by atoms with Crippen molar-refractivity contribution in [2.45, 2.75) is 189 Å². The average molecular weight is 973 g/mol. The number of nitrogens with zero attached hydrogens (tertiary/aromatic N) is 1. The largest absolute Gasteiger partial charge is 0.465 e. The number of esters is 5. The zero-order chi connectivity index (χ0) is 51.2. The molecule has 3 atom stereocenters. The first-order valence-electron chi connectivity index (χ1n) is 26.0. The molecule has 14 heteroatoms. The fraction of sp³-hybridized carbons (Fsp3) is 0.745. The summed E-state index contributed by atoms with van der Waals surface area (Å²) in [6.45, 7) is 25.7. The van der Waals surface area contributed by atoms with Gasteiger partial charge in [0.1, 0.15) is 25.9 Å². The van der Waals surface area contributed by atoms with Gasteiger partial charge in [-0.2, -0.15) is 0 Å². The SMILES string of the molecule is C=C(C)C(CC=C(C)C)COC(=O)CCCCCC(=O)OCC(COC(=O)CCCCCC(=O)OCC(CC=C(C)C)C(=C)C)COC(=O)CCC(CCCCCC)OC(=O)NCCN1CCCC1. The summed E-state index contributed by atoms with van der Waals surface area (Å²) in [5, 5.41) is 2.85. The fourth-order valence-electron chi connectivity index (χ4n) is 7.39. The molecule has 394 valence electrons. The lowest BCUT2D eigenvalue weighted by atomic mass is 9.98. The van der Waals surface area contributed by atoms with Gasteiger partial charge in [-0.15, -0.1) is 0 Å². The number of alkyl carbamates (subject to hydrolysis) is 1. The zero-order valence-corrected chi connectivity index (χ0v) is 43.9. The third kappa shape index (κ3) is 35.3. The summed E-state index contributed by atoms with van der Waals surface area (Å²) in [6, 6.07) is 0. The van der Waals surface area contributed by atoms with Gasteiger partial charge in [0.05, 0.1) is 19.1 Å². The van der Waals surface area contributed by atoms with Gasteiger partial charge in [-0.1, -0.05) is 86.6 Å². The Labute approximate surface area is 416 Å². The van der Waals surface area contributed by atoms with E-state index in [1.807, 2.05) is 41.5 Å². The number of hydrogen-bond acceptors (Lipinski definition) is 13. The molecule has 0 aromatic heterocycles. The number of carbonyl (C=O) groups excluding carboxylic acids is 6. The van der Waals surface area contributed by atoms with Gasteiger partial charge in [0.25, 0.3) is 0 Å². The first-order valence-corrected chi connectivity index (χ1v) is 26.0. The van der Waals surface area contributed by atoms with Crippen LogP contribution in [0.15, 0.2) is 47.6 Å². The van der Waals surface area contributed by atoms with Gasteiger partial charge < -0.3 is 38.6 Å². The van der Waals surface area contributed by atoms with Gasteiger partial charge in [0.15, 0.2) is 0 Å². The molecular weight excluding hydrogens is 881 g/mol. The maximum absolute atomic E-state index is 13.0. The molecule has 1 aliphatic heterocycles. The second kappa shape index (κ2) is 39.3. The normalized spacial score (nSPS) is 14.0. The average Bonchev–Trinajstić information content (AvgIpc) is 3.82. The summed E-state index contributed by atoms with van der Waals surface area (Å²) in [5.41, 5.74) is 4.33. The van der Waals surface area contributed by atoms with Crippen molar-refractivity contribution in [1.29, 1.82) is 0 Å². The van der Waals surface area contributed by atoms with E-state index in [1.54, 1.807) is 0 Å². The minimum Gasteiger partial charge on any atom is -0.465 e. The highest BCUT2D eigenvalue weighted by Gasteiger charge is 2.21. The lowest BCUT2D eigenvalue weighted by Crippen LogP contribution is -2.35.